The van der Waals surface area contributed by atoms with E-state index in [4.69, 9.17) is 0 Å². The fourth-order valence-corrected chi connectivity index (χ4v) is 2.82. The predicted molar refractivity (Wildman–Crippen MR) is 80.1 cm³/mol. The topological polar surface area (TPSA) is 28.2 Å². The summed E-state index contributed by atoms with van der Waals surface area (Å²) in [5.74, 6) is -0.259. The van der Waals surface area contributed by atoms with Crippen LogP contribution in [0, 0.1) is 5.82 Å². The molecule has 1 aromatic heterocycles. The molecule has 0 aromatic carbocycles. The molecule has 20 heavy (non-hydrogen) atoms. The van der Waals surface area contributed by atoms with E-state index in [0.717, 1.165) is 5.56 Å². The molecule has 4 heteroatoms. The van der Waals surface area contributed by atoms with Gasteiger partial charge in [0.2, 0.25) is 0 Å². The third-order valence-electron chi connectivity index (χ3n) is 4.13. The van der Waals surface area contributed by atoms with Gasteiger partial charge >= 0.3 is 0 Å². The normalized spacial score (nSPS) is 19.1. The lowest BCUT2D eigenvalue weighted by Gasteiger charge is -2.34. The lowest BCUT2D eigenvalue weighted by Crippen LogP contribution is -2.43. The summed E-state index contributed by atoms with van der Waals surface area (Å²) in [6.45, 7) is 7.90. The van der Waals surface area contributed by atoms with Crippen molar-refractivity contribution in [3.8, 4) is 0 Å². The molecular formula is C16H26FN3. The molecule has 1 aliphatic rings. The number of rotatable bonds is 6. The van der Waals surface area contributed by atoms with E-state index >= 15 is 0 Å². The van der Waals surface area contributed by atoms with Crippen molar-refractivity contribution >= 4 is 0 Å². The number of piperidine rings is 1. The van der Waals surface area contributed by atoms with Gasteiger partial charge in [-0.3, -0.25) is 4.98 Å². The quantitative estimate of drug-likeness (QED) is 0.867. The smallest absolute Gasteiger partial charge is 0.141 e. The molecule has 112 valence electrons. The first-order valence-corrected chi connectivity index (χ1v) is 7.78. The highest BCUT2D eigenvalue weighted by Gasteiger charge is 2.20. The Hall–Kier alpha value is -1.00. The van der Waals surface area contributed by atoms with Gasteiger partial charge in [0.25, 0.3) is 0 Å². The Bertz CT molecular complexity index is 402. The van der Waals surface area contributed by atoms with Crippen molar-refractivity contribution in [2.75, 3.05) is 19.6 Å². The first-order valence-electron chi connectivity index (χ1n) is 7.78. The number of pyridine rings is 1. The molecule has 0 bridgehead atoms. The average molecular weight is 279 g/mol. The SMILES string of the molecule is CCCCN1CCC(NC(C)c2cncc(F)c2)CC1. The van der Waals surface area contributed by atoms with Crippen molar-refractivity contribution < 1.29 is 4.39 Å². The van der Waals surface area contributed by atoms with Gasteiger partial charge in [-0.2, -0.15) is 0 Å². The average Bonchev–Trinajstić information content (AvgIpc) is 2.46. The summed E-state index contributed by atoms with van der Waals surface area (Å²) in [5.41, 5.74) is 0.929. The summed E-state index contributed by atoms with van der Waals surface area (Å²) < 4.78 is 13.2. The number of hydrogen-bond donors (Lipinski definition) is 1. The first kappa shape index (κ1) is 15.4. The molecule has 1 aliphatic heterocycles. The summed E-state index contributed by atoms with van der Waals surface area (Å²) >= 11 is 0. The molecular weight excluding hydrogens is 253 g/mol. The van der Waals surface area contributed by atoms with Gasteiger partial charge < -0.3 is 10.2 Å². The highest BCUT2D eigenvalue weighted by Crippen LogP contribution is 2.17. The van der Waals surface area contributed by atoms with Crippen LogP contribution in [0.2, 0.25) is 0 Å². The maximum atomic E-state index is 13.2. The van der Waals surface area contributed by atoms with Crippen molar-refractivity contribution in [3.63, 3.8) is 0 Å². The lowest BCUT2D eigenvalue weighted by atomic mass is 10.0. The van der Waals surface area contributed by atoms with Crippen LogP contribution in [0.15, 0.2) is 18.5 Å². The zero-order valence-corrected chi connectivity index (χ0v) is 12.6. The van der Waals surface area contributed by atoms with E-state index in [9.17, 15) is 4.39 Å². The number of halogens is 1. The van der Waals surface area contributed by atoms with Crippen LogP contribution in [0.1, 0.15) is 51.1 Å². The van der Waals surface area contributed by atoms with Gasteiger partial charge in [-0.05, 0) is 57.5 Å². The van der Waals surface area contributed by atoms with E-state index in [1.165, 1.54) is 51.5 Å². The van der Waals surface area contributed by atoms with E-state index in [1.54, 1.807) is 12.3 Å². The monoisotopic (exact) mass is 279 g/mol. The Morgan fingerprint density at radius 2 is 2.15 bits per heavy atom. The van der Waals surface area contributed by atoms with Gasteiger partial charge in [-0.15, -0.1) is 0 Å². The van der Waals surface area contributed by atoms with Gasteiger partial charge in [-0.1, -0.05) is 13.3 Å². The van der Waals surface area contributed by atoms with Crippen molar-refractivity contribution in [2.45, 2.75) is 51.6 Å². The van der Waals surface area contributed by atoms with Gasteiger partial charge in [0.05, 0.1) is 6.20 Å². The Morgan fingerprint density at radius 1 is 1.40 bits per heavy atom. The maximum Gasteiger partial charge on any atom is 0.141 e. The Morgan fingerprint density at radius 3 is 2.80 bits per heavy atom. The van der Waals surface area contributed by atoms with Gasteiger partial charge in [0.1, 0.15) is 5.82 Å². The summed E-state index contributed by atoms with van der Waals surface area (Å²) in [4.78, 5) is 6.47. The van der Waals surface area contributed by atoms with Crippen molar-refractivity contribution in [3.05, 3.63) is 29.8 Å². The second-order valence-electron chi connectivity index (χ2n) is 5.79. The second-order valence-corrected chi connectivity index (χ2v) is 5.79. The molecule has 1 unspecified atom stereocenters. The van der Waals surface area contributed by atoms with Crippen LogP contribution < -0.4 is 5.32 Å². The molecule has 0 spiro atoms. The van der Waals surface area contributed by atoms with Crippen molar-refractivity contribution in [1.82, 2.24) is 15.2 Å². The minimum absolute atomic E-state index is 0.158. The molecule has 0 aliphatic carbocycles. The third-order valence-corrected chi connectivity index (χ3v) is 4.13. The van der Waals surface area contributed by atoms with Crippen LogP contribution in [0.5, 0.6) is 0 Å². The van der Waals surface area contributed by atoms with Crippen molar-refractivity contribution in [1.29, 1.82) is 0 Å². The molecule has 1 N–H and O–H groups in total. The number of aromatic nitrogens is 1. The second kappa shape index (κ2) is 7.70. The fourth-order valence-electron chi connectivity index (χ4n) is 2.82. The number of likely N-dealkylation sites (tertiary alicyclic amines) is 1. The zero-order valence-electron chi connectivity index (χ0n) is 12.6. The number of nitrogens with zero attached hydrogens (tertiary/aromatic N) is 2. The molecule has 2 heterocycles. The van der Waals surface area contributed by atoms with Crippen LogP contribution in [0.3, 0.4) is 0 Å². The van der Waals surface area contributed by atoms with E-state index in [2.05, 4.69) is 29.0 Å². The van der Waals surface area contributed by atoms with Crippen LogP contribution in [0.4, 0.5) is 4.39 Å². The summed E-state index contributed by atoms with van der Waals surface area (Å²) in [7, 11) is 0. The van der Waals surface area contributed by atoms with E-state index in [-0.39, 0.29) is 11.9 Å². The maximum absolute atomic E-state index is 13.2. The Balaban J connectivity index is 1.77. The third kappa shape index (κ3) is 4.53. The van der Waals surface area contributed by atoms with Crippen LogP contribution >= 0.6 is 0 Å². The largest absolute Gasteiger partial charge is 0.307 e. The van der Waals surface area contributed by atoms with E-state index in [1.807, 2.05) is 0 Å². The minimum Gasteiger partial charge on any atom is -0.307 e. The molecule has 0 radical (unpaired) electrons. The highest BCUT2D eigenvalue weighted by molar-refractivity contribution is 5.14. The predicted octanol–water partition coefficient (Wildman–Crippen LogP) is 3.14. The molecule has 0 amide bonds. The molecule has 0 saturated carbocycles. The minimum atomic E-state index is -0.259. The molecule has 1 fully saturated rings. The standard InChI is InChI=1S/C16H26FN3/c1-3-4-7-20-8-5-16(6-9-20)19-13(2)14-10-15(17)12-18-11-14/h10-13,16,19H,3-9H2,1-2H3. The zero-order chi connectivity index (χ0) is 14.4. The number of nitrogens with one attached hydrogen (secondary N) is 1. The molecule has 2 rings (SSSR count). The molecule has 1 atom stereocenters. The molecule has 3 nitrogen and oxygen atoms in total. The summed E-state index contributed by atoms with van der Waals surface area (Å²) in [6.07, 6.45) is 7.92. The van der Waals surface area contributed by atoms with Gasteiger partial charge in [0, 0.05) is 18.3 Å². The Kier molecular flexibility index (Phi) is 5.92. The van der Waals surface area contributed by atoms with Crippen molar-refractivity contribution in [2.24, 2.45) is 0 Å². The lowest BCUT2D eigenvalue weighted by molar-refractivity contribution is 0.190. The Labute approximate surface area is 121 Å². The van der Waals surface area contributed by atoms with Crippen LogP contribution in [0.25, 0.3) is 0 Å². The van der Waals surface area contributed by atoms with Gasteiger partial charge in [0.15, 0.2) is 0 Å². The van der Waals surface area contributed by atoms with E-state index in [0.29, 0.717) is 6.04 Å². The molecule has 1 saturated heterocycles. The molecule has 1 aromatic rings. The summed E-state index contributed by atoms with van der Waals surface area (Å²) in [6, 6.07) is 2.26. The number of unbranched alkanes of at least 4 members (excludes halogenated alkanes) is 1. The van der Waals surface area contributed by atoms with Gasteiger partial charge in [-0.25, -0.2) is 4.39 Å². The number of hydrogen-bond acceptors (Lipinski definition) is 3. The highest BCUT2D eigenvalue weighted by atomic mass is 19.1. The first-order chi connectivity index (χ1) is 9.69. The fraction of sp³-hybridized carbons (Fsp3) is 0.688. The van der Waals surface area contributed by atoms with Crippen LogP contribution in [-0.4, -0.2) is 35.6 Å². The van der Waals surface area contributed by atoms with E-state index < -0.39 is 0 Å². The summed E-state index contributed by atoms with van der Waals surface area (Å²) in [5, 5.41) is 3.61. The van der Waals surface area contributed by atoms with Crippen LogP contribution in [-0.2, 0) is 0 Å².